The maximum Gasteiger partial charge on any atom is 0.319 e. The minimum Gasteiger partial charge on any atom is -0.309 e. The summed E-state index contributed by atoms with van der Waals surface area (Å²) in [4.78, 5) is 0. The summed E-state index contributed by atoms with van der Waals surface area (Å²) >= 11 is 0. The Morgan fingerprint density at radius 3 is 1.50 bits per heavy atom. The van der Waals surface area contributed by atoms with Gasteiger partial charge in [0.1, 0.15) is 0 Å². The second-order valence-electron chi connectivity index (χ2n) is 3.28. The van der Waals surface area contributed by atoms with Gasteiger partial charge in [-0.05, 0) is 0 Å². The molecule has 0 aliphatic rings. The van der Waals surface area contributed by atoms with Gasteiger partial charge in [0.15, 0.2) is 0 Å². The van der Waals surface area contributed by atoms with E-state index in [0.29, 0.717) is 0 Å². The van der Waals surface area contributed by atoms with Crippen molar-refractivity contribution in [2.24, 2.45) is 0 Å². The van der Waals surface area contributed by atoms with Crippen LogP contribution in [0.15, 0.2) is 0 Å². The minimum absolute atomic E-state index is 0.0137. The molecular formula is C6H17N2O7PS2. The lowest BCUT2D eigenvalue weighted by Crippen LogP contribution is -2.26. The van der Waals surface area contributed by atoms with Crippen LogP contribution in [0.4, 0.5) is 0 Å². The molecule has 0 fully saturated rings. The van der Waals surface area contributed by atoms with Crippen LogP contribution in [-0.4, -0.2) is 55.7 Å². The van der Waals surface area contributed by atoms with Crippen molar-refractivity contribution in [2.45, 2.75) is 0 Å². The molecule has 0 amide bonds. The van der Waals surface area contributed by atoms with Crippen LogP contribution in [0.2, 0.25) is 0 Å². The van der Waals surface area contributed by atoms with Crippen LogP contribution in [0.25, 0.3) is 0 Å². The summed E-state index contributed by atoms with van der Waals surface area (Å²) in [6, 6.07) is 0. The Hall–Kier alpha value is -0.0300. The molecule has 0 saturated heterocycles. The van der Waals surface area contributed by atoms with Gasteiger partial charge in [0.2, 0.25) is 20.0 Å². The van der Waals surface area contributed by atoms with Gasteiger partial charge >= 0.3 is 8.25 Å². The standard InChI is InChI=1S/C6H17N2O7PS2/c1-17(10,11)7-3-5-14-16(9)15-6-4-8-18(2,12)13/h7-8,16H,3-6H2,1-2H3. The molecule has 0 radical (unpaired) electrons. The predicted octanol–water partition coefficient (Wildman–Crippen LogP) is -1.49. The molecule has 0 spiro atoms. The molecule has 0 aliphatic carbocycles. The maximum atomic E-state index is 11.1. The Morgan fingerprint density at radius 2 is 1.22 bits per heavy atom. The number of nitrogens with one attached hydrogen (secondary N) is 2. The molecule has 0 aromatic rings. The van der Waals surface area contributed by atoms with Gasteiger partial charge in [0.05, 0.1) is 25.7 Å². The zero-order valence-corrected chi connectivity index (χ0v) is 12.6. The number of rotatable bonds is 10. The van der Waals surface area contributed by atoms with Crippen LogP contribution in [0.3, 0.4) is 0 Å². The van der Waals surface area contributed by atoms with Gasteiger partial charge in [-0.2, -0.15) is 0 Å². The topological polar surface area (TPSA) is 128 Å². The molecule has 0 aliphatic heterocycles. The second kappa shape index (κ2) is 8.20. The van der Waals surface area contributed by atoms with Crippen LogP contribution < -0.4 is 9.44 Å². The molecule has 0 aromatic carbocycles. The van der Waals surface area contributed by atoms with Crippen molar-refractivity contribution in [3.8, 4) is 0 Å². The first-order valence-electron chi connectivity index (χ1n) is 4.79. The van der Waals surface area contributed by atoms with E-state index in [1.807, 2.05) is 0 Å². The van der Waals surface area contributed by atoms with E-state index < -0.39 is 28.3 Å². The summed E-state index contributed by atoms with van der Waals surface area (Å²) in [6.07, 6.45) is 1.98. The fraction of sp³-hybridized carbons (Fsp3) is 1.00. The molecule has 0 bridgehead atoms. The number of sulfonamides is 2. The lowest BCUT2D eigenvalue weighted by molar-refractivity contribution is 0.231. The maximum absolute atomic E-state index is 11.1. The first-order valence-corrected chi connectivity index (χ1v) is 9.80. The average molecular weight is 324 g/mol. The molecule has 2 N–H and O–H groups in total. The summed E-state index contributed by atoms with van der Waals surface area (Å²) in [7, 11) is -9.34. The Balaban J connectivity index is 3.55. The van der Waals surface area contributed by atoms with E-state index >= 15 is 0 Å². The van der Waals surface area contributed by atoms with E-state index in [4.69, 9.17) is 0 Å². The van der Waals surface area contributed by atoms with Crippen LogP contribution >= 0.6 is 8.25 Å². The Labute approximate surface area is 107 Å². The first kappa shape index (κ1) is 18.0. The van der Waals surface area contributed by atoms with Crippen molar-refractivity contribution in [3.63, 3.8) is 0 Å². The lowest BCUT2D eigenvalue weighted by Gasteiger charge is -2.06. The molecule has 9 nitrogen and oxygen atoms in total. The van der Waals surface area contributed by atoms with Gasteiger partial charge in [-0.3, -0.25) is 4.57 Å². The highest BCUT2D eigenvalue weighted by molar-refractivity contribution is 7.89. The van der Waals surface area contributed by atoms with Gasteiger partial charge < -0.3 is 9.05 Å². The zero-order chi connectivity index (χ0) is 14.2. The normalized spacial score (nSPS) is 13.1. The van der Waals surface area contributed by atoms with Crippen molar-refractivity contribution < 1.29 is 30.4 Å². The monoisotopic (exact) mass is 324 g/mol. The summed E-state index contributed by atoms with van der Waals surface area (Å²) in [5.41, 5.74) is 0. The van der Waals surface area contributed by atoms with Gasteiger partial charge in [-0.25, -0.2) is 26.3 Å². The SMILES string of the molecule is CS(=O)(=O)NCCO[PH](=O)OCCNS(C)(=O)=O. The first-order chi connectivity index (χ1) is 8.10. The minimum atomic E-state index is -3.30. The molecule has 0 saturated carbocycles. The summed E-state index contributed by atoms with van der Waals surface area (Å²) in [5.74, 6) is 0. The average Bonchev–Trinajstić information content (AvgIpc) is 2.17. The fourth-order valence-electron chi connectivity index (χ4n) is 0.765. The van der Waals surface area contributed by atoms with Gasteiger partial charge in [-0.15, -0.1) is 0 Å². The van der Waals surface area contributed by atoms with Gasteiger partial charge in [0, 0.05) is 13.1 Å². The summed E-state index contributed by atoms with van der Waals surface area (Å²) in [6.45, 7) is -0.213. The zero-order valence-electron chi connectivity index (χ0n) is 10.0. The molecule has 0 atom stereocenters. The van der Waals surface area contributed by atoms with Crippen molar-refractivity contribution >= 4 is 28.3 Å². The van der Waals surface area contributed by atoms with E-state index in [1.54, 1.807) is 0 Å². The highest BCUT2D eigenvalue weighted by Crippen LogP contribution is 2.22. The lowest BCUT2D eigenvalue weighted by atomic mass is 10.8. The molecule has 0 rings (SSSR count). The molecule has 18 heavy (non-hydrogen) atoms. The molecule has 12 heteroatoms. The van der Waals surface area contributed by atoms with Crippen molar-refractivity contribution in [1.82, 2.24) is 9.44 Å². The number of hydrogen-bond donors (Lipinski definition) is 2. The van der Waals surface area contributed by atoms with E-state index in [0.717, 1.165) is 12.5 Å². The van der Waals surface area contributed by atoms with E-state index in [-0.39, 0.29) is 26.3 Å². The molecule has 0 heterocycles. The predicted molar refractivity (Wildman–Crippen MR) is 66.6 cm³/mol. The highest BCUT2D eigenvalue weighted by Gasteiger charge is 2.04. The largest absolute Gasteiger partial charge is 0.319 e. The fourth-order valence-corrected chi connectivity index (χ4v) is 2.29. The van der Waals surface area contributed by atoms with E-state index in [2.05, 4.69) is 18.5 Å². The third-order valence-electron chi connectivity index (χ3n) is 1.37. The highest BCUT2D eigenvalue weighted by atomic mass is 32.2. The molecule has 0 aromatic heterocycles. The summed E-state index contributed by atoms with van der Waals surface area (Å²) < 4.78 is 67.3. The molecule has 110 valence electrons. The Kier molecular flexibility index (Phi) is 8.19. The van der Waals surface area contributed by atoms with Crippen molar-refractivity contribution in [1.29, 1.82) is 0 Å². The van der Waals surface area contributed by atoms with Gasteiger partial charge in [0.25, 0.3) is 0 Å². The van der Waals surface area contributed by atoms with Crippen LogP contribution in [0.1, 0.15) is 0 Å². The van der Waals surface area contributed by atoms with E-state index in [1.165, 1.54) is 0 Å². The molecular weight excluding hydrogens is 307 g/mol. The van der Waals surface area contributed by atoms with E-state index in [9.17, 15) is 21.4 Å². The quantitative estimate of drug-likeness (QED) is 0.370. The Morgan fingerprint density at radius 1 is 0.889 bits per heavy atom. The van der Waals surface area contributed by atoms with Crippen LogP contribution in [0, 0.1) is 0 Å². The van der Waals surface area contributed by atoms with Crippen LogP contribution in [-0.2, 0) is 33.7 Å². The van der Waals surface area contributed by atoms with Crippen LogP contribution in [0.5, 0.6) is 0 Å². The third kappa shape index (κ3) is 14.0. The third-order valence-corrected chi connectivity index (χ3v) is 3.71. The summed E-state index contributed by atoms with van der Waals surface area (Å²) in [5, 5.41) is 0. The Bertz CT molecular complexity index is 418. The second-order valence-corrected chi connectivity index (χ2v) is 8.02. The van der Waals surface area contributed by atoms with Crippen molar-refractivity contribution in [2.75, 3.05) is 38.8 Å². The smallest absolute Gasteiger partial charge is 0.309 e. The number of hydrogen-bond acceptors (Lipinski definition) is 7. The van der Waals surface area contributed by atoms with Gasteiger partial charge in [-0.1, -0.05) is 0 Å². The molecule has 0 unspecified atom stereocenters. The van der Waals surface area contributed by atoms with Crippen molar-refractivity contribution in [3.05, 3.63) is 0 Å².